The Morgan fingerprint density at radius 3 is 2.85 bits per heavy atom. The van der Waals surface area contributed by atoms with Crippen LogP contribution in [0.4, 0.5) is 0 Å². The van der Waals surface area contributed by atoms with E-state index in [1.54, 1.807) is 6.20 Å². The van der Waals surface area contributed by atoms with E-state index < -0.39 is 0 Å². The van der Waals surface area contributed by atoms with E-state index in [1.165, 1.54) is 11.5 Å². The third kappa shape index (κ3) is 2.19. The highest BCUT2D eigenvalue weighted by molar-refractivity contribution is 7.05. The number of nitrogens with two attached hydrogens (primary N) is 1. The molecule has 2 heterocycles. The molecule has 0 bridgehead atoms. The Morgan fingerprint density at radius 2 is 2.05 bits per heavy atom. The molecule has 0 aliphatic carbocycles. The summed E-state index contributed by atoms with van der Waals surface area (Å²) in [6.45, 7) is 4.22. The Kier molecular flexibility index (Phi) is 3.46. The van der Waals surface area contributed by atoms with Crippen molar-refractivity contribution in [3.8, 4) is 0 Å². The fraction of sp³-hybridized carbons (Fsp3) is 0.267. The molecule has 0 amide bonds. The Balaban J connectivity index is 2.13. The van der Waals surface area contributed by atoms with Crippen molar-refractivity contribution in [1.29, 1.82) is 0 Å². The summed E-state index contributed by atoms with van der Waals surface area (Å²) in [4.78, 5) is 5.25. The van der Waals surface area contributed by atoms with Gasteiger partial charge in [0.1, 0.15) is 0 Å². The fourth-order valence-corrected chi connectivity index (χ4v) is 3.20. The molecule has 2 N–H and O–H groups in total. The summed E-state index contributed by atoms with van der Waals surface area (Å²) < 4.78 is 4.07. The van der Waals surface area contributed by atoms with E-state index in [0.29, 0.717) is 5.92 Å². The Bertz CT molecular complexity index is 730. The summed E-state index contributed by atoms with van der Waals surface area (Å²) in [5, 5.41) is 6.45. The lowest BCUT2D eigenvalue weighted by atomic mass is 9.97. The van der Waals surface area contributed by atoms with E-state index in [0.717, 1.165) is 26.9 Å². The summed E-state index contributed by atoms with van der Waals surface area (Å²) in [6.07, 6.45) is 3.67. The summed E-state index contributed by atoms with van der Waals surface area (Å²) >= 11 is 1.38. The molecule has 5 heteroatoms. The van der Waals surface area contributed by atoms with Crippen molar-refractivity contribution in [2.75, 3.05) is 0 Å². The van der Waals surface area contributed by atoms with Gasteiger partial charge in [0.2, 0.25) is 0 Å². The molecule has 102 valence electrons. The van der Waals surface area contributed by atoms with E-state index in [2.05, 4.69) is 40.6 Å². The summed E-state index contributed by atoms with van der Waals surface area (Å²) in [5.41, 5.74) is 8.53. The lowest BCUT2D eigenvalue weighted by Gasteiger charge is -2.14. The van der Waals surface area contributed by atoms with Crippen molar-refractivity contribution in [3.63, 3.8) is 0 Å². The quantitative estimate of drug-likeness (QED) is 0.801. The second-order valence-electron chi connectivity index (χ2n) is 5.10. The maximum atomic E-state index is 6.47. The van der Waals surface area contributed by atoms with Gasteiger partial charge in [-0.25, -0.2) is 0 Å². The number of benzene rings is 1. The fourth-order valence-electron chi connectivity index (χ4n) is 2.37. The van der Waals surface area contributed by atoms with E-state index in [9.17, 15) is 0 Å². The number of pyridine rings is 1. The molecule has 1 atom stereocenters. The largest absolute Gasteiger partial charge is 0.319 e. The predicted octanol–water partition coefficient (Wildman–Crippen LogP) is 3.26. The van der Waals surface area contributed by atoms with Crippen molar-refractivity contribution < 1.29 is 0 Å². The molecule has 0 spiro atoms. The highest BCUT2D eigenvalue weighted by Crippen LogP contribution is 2.32. The van der Waals surface area contributed by atoms with Crippen LogP contribution in [0.2, 0.25) is 0 Å². The minimum absolute atomic E-state index is 0.208. The van der Waals surface area contributed by atoms with Gasteiger partial charge in [0.05, 0.1) is 16.6 Å². The summed E-state index contributed by atoms with van der Waals surface area (Å²) in [7, 11) is 0. The molecule has 0 fully saturated rings. The zero-order chi connectivity index (χ0) is 14.1. The van der Waals surface area contributed by atoms with E-state index >= 15 is 0 Å². The highest BCUT2D eigenvalue weighted by Gasteiger charge is 2.20. The molecule has 4 nitrogen and oxygen atoms in total. The first-order valence-electron chi connectivity index (χ1n) is 6.59. The van der Waals surface area contributed by atoms with Gasteiger partial charge in [-0.1, -0.05) is 36.5 Å². The van der Waals surface area contributed by atoms with Crippen molar-refractivity contribution in [2.24, 2.45) is 5.73 Å². The predicted molar refractivity (Wildman–Crippen MR) is 81.8 cm³/mol. The molecule has 1 unspecified atom stereocenters. The molecule has 0 aliphatic heterocycles. The second-order valence-corrected chi connectivity index (χ2v) is 5.88. The van der Waals surface area contributed by atoms with Gasteiger partial charge in [-0.15, -0.1) is 5.10 Å². The average Bonchev–Trinajstić information content (AvgIpc) is 2.95. The topological polar surface area (TPSA) is 64.7 Å². The smallest absolute Gasteiger partial charge is 0.0832 e. The van der Waals surface area contributed by atoms with Crippen LogP contribution in [0.1, 0.15) is 41.9 Å². The van der Waals surface area contributed by atoms with Gasteiger partial charge in [-0.05, 0) is 34.5 Å². The Hall–Kier alpha value is -1.85. The monoisotopic (exact) mass is 284 g/mol. The number of fused-ring (bicyclic) bond motifs is 1. The zero-order valence-electron chi connectivity index (χ0n) is 11.4. The number of aromatic nitrogens is 3. The summed E-state index contributed by atoms with van der Waals surface area (Å²) in [5.74, 6) is 0.322. The SMILES string of the molecule is CC(C)c1nnsc1C(N)c1cccc2ccncc12. The average molecular weight is 284 g/mol. The number of rotatable bonds is 3. The van der Waals surface area contributed by atoms with Crippen molar-refractivity contribution in [3.05, 3.63) is 52.8 Å². The van der Waals surface area contributed by atoms with Crippen LogP contribution in [0.5, 0.6) is 0 Å². The Morgan fingerprint density at radius 1 is 1.20 bits per heavy atom. The van der Waals surface area contributed by atoms with Crippen LogP contribution in [0.25, 0.3) is 10.8 Å². The van der Waals surface area contributed by atoms with Gasteiger partial charge in [0.15, 0.2) is 0 Å². The normalized spacial score (nSPS) is 13.0. The van der Waals surface area contributed by atoms with E-state index in [1.807, 2.05) is 18.3 Å². The number of hydrogen-bond donors (Lipinski definition) is 1. The molecular formula is C15H16N4S. The van der Waals surface area contributed by atoms with Gasteiger partial charge < -0.3 is 5.73 Å². The first-order chi connectivity index (χ1) is 9.68. The van der Waals surface area contributed by atoms with Gasteiger partial charge in [0, 0.05) is 17.8 Å². The first-order valence-corrected chi connectivity index (χ1v) is 7.36. The van der Waals surface area contributed by atoms with Crippen molar-refractivity contribution in [1.82, 2.24) is 14.6 Å². The molecule has 0 saturated carbocycles. The number of nitrogens with zero attached hydrogens (tertiary/aromatic N) is 3. The van der Waals surface area contributed by atoms with Crippen LogP contribution in [-0.2, 0) is 0 Å². The van der Waals surface area contributed by atoms with Crippen LogP contribution in [0, 0.1) is 0 Å². The third-order valence-corrected chi connectivity index (χ3v) is 4.25. The van der Waals surface area contributed by atoms with Crippen LogP contribution < -0.4 is 5.73 Å². The summed E-state index contributed by atoms with van der Waals surface area (Å²) in [6, 6.07) is 7.95. The molecule has 2 aromatic heterocycles. The van der Waals surface area contributed by atoms with Gasteiger partial charge >= 0.3 is 0 Å². The molecule has 3 rings (SSSR count). The zero-order valence-corrected chi connectivity index (χ0v) is 12.3. The van der Waals surface area contributed by atoms with Gasteiger partial charge in [-0.3, -0.25) is 4.98 Å². The first kappa shape index (κ1) is 13.1. The molecule has 0 radical (unpaired) electrons. The van der Waals surface area contributed by atoms with E-state index in [4.69, 9.17) is 5.73 Å². The van der Waals surface area contributed by atoms with Gasteiger partial charge in [-0.2, -0.15) is 0 Å². The third-order valence-electron chi connectivity index (χ3n) is 3.42. The minimum Gasteiger partial charge on any atom is -0.319 e. The Labute approximate surface area is 121 Å². The second kappa shape index (κ2) is 5.26. The number of hydrogen-bond acceptors (Lipinski definition) is 5. The van der Waals surface area contributed by atoms with Crippen LogP contribution >= 0.6 is 11.5 Å². The molecule has 20 heavy (non-hydrogen) atoms. The maximum Gasteiger partial charge on any atom is 0.0832 e. The molecule has 1 aromatic carbocycles. The van der Waals surface area contributed by atoms with Crippen LogP contribution in [0.3, 0.4) is 0 Å². The lowest BCUT2D eigenvalue weighted by Crippen LogP contribution is -2.13. The standard InChI is InChI=1S/C15H16N4S/c1-9(2)14-15(20-19-18-14)13(16)11-5-3-4-10-6-7-17-8-12(10)11/h3-9,13H,16H2,1-2H3. The van der Waals surface area contributed by atoms with Crippen molar-refractivity contribution >= 4 is 22.3 Å². The lowest BCUT2D eigenvalue weighted by molar-refractivity contribution is 0.772. The van der Waals surface area contributed by atoms with E-state index in [-0.39, 0.29) is 6.04 Å². The maximum absolute atomic E-state index is 6.47. The van der Waals surface area contributed by atoms with Gasteiger partial charge in [0.25, 0.3) is 0 Å². The molecule has 3 aromatic rings. The van der Waals surface area contributed by atoms with Crippen LogP contribution in [0.15, 0.2) is 36.7 Å². The molecular weight excluding hydrogens is 268 g/mol. The molecule has 0 saturated heterocycles. The highest BCUT2D eigenvalue weighted by atomic mass is 32.1. The minimum atomic E-state index is -0.208. The van der Waals surface area contributed by atoms with Crippen molar-refractivity contribution in [2.45, 2.75) is 25.8 Å². The van der Waals surface area contributed by atoms with Crippen LogP contribution in [-0.4, -0.2) is 14.6 Å². The molecule has 0 aliphatic rings.